The molecule has 55 heavy (non-hydrogen) atoms. The average Bonchev–Trinajstić information content (AvgIpc) is 3.22. The molecule has 4 nitrogen and oxygen atoms in total. The van der Waals surface area contributed by atoms with Crippen LogP contribution in [0.25, 0.3) is 39.6 Å². The molecule has 1 aliphatic heterocycles. The van der Waals surface area contributed by atoms with Crippen molar-refractivity contribution >= 4 is 46.9 Å². The summed E-state index contributed by atoms with van der Waals surface area (Å²) in [5.41, 5.74) is 10.5. The van der Waals surface area contributed by atoms with E-state index in [-0.39, 0.29) is 0 Å². The molecule has 0 saturated carbocycles. The number of benzene rings is 6. The first-order valence-corrected chi connectivity index (χ1v) is 18.5. The van der Waals surface area contributed by atoms with Gasteiger partial charge in [-0.2, -0.15) is 0 Å². The zero-order chi connectivity index (χ0) is 38.0. The van der Waals surface area contributed by atoms with Gasteiger partial charge in [-0.05, 0) is 108 Å². The standard InChI is InChI=1S/C51H43N3O/c1-5-47-22-14-13-21-46-34-45(30-32-49(46)55-47)42-25-27-43(28-26-42)50(52-4)54-51(53-35-38-23-24-41-19-11-12-20-44(41)33-38)48(37(3)40-17-7-6-8-18-40)31-29-39-16-10-9-15-36(39)2/h5-34H,4,35H2,1-3H3/b21-13-,22-14-,31-29-,47-5-,48-37+,53-51?,54-50?. The molecule has 0 unspecified atom stereocenters. The molecule has 4 heteroatoms. The van der Waals surface area contributed by atoms with Crippen LogP contribution in [-0.4, -0.2) is 18.4 Å². The molecule has 0 spiro atoms. The molecular weight excluding hydrogens is 671 g/mol. The van der Waals surface area contributed by atoms with Crippen molar-refractivity contribution in [2.24, 2.45) is 15.0 Å². The number of amidine groups is 2. The lowest BCUT2D eigenvalue weighted by Crippen LogP contribution is -2.07. The predicted molar refractivity (Wildman–Crippen MR) is 235 cm³/mol. The molecule has 1 heterocycles. The molecule has 0 bridgehead atoms. The number of allylic oxidation sites excluding steroid dienone is 5. The minimum absolute atomic E-state index is 0.443. The molecule has 6 aromatic rings. The number of hydrogen-bond acceptors (Lipinski definition) is 2. The van der Waals surface area contributed by atoms with Gasteiger partial charge in [0.15, 0.2) is 11.7 Å². The van der Waals surface area contributed by atoms with E-state index in [4.69, 9.17) is 14.7 Å². The Morgan fingerprint density at radius 1 is 0.709 bits per heavy atom. The normalized spacial score (nSPS) is 15.5. The summed E-state index contributed by atoms with van der Waals surface area (Å²) in [6, 6.07) is 48.2. The van der Waals surface area contributed by atoms with Crippen molar-refractivity contribution in [3.8, 4) is 16.9 Å². The van der Waals surface area contributed by atoms with Crippen LogP contribution in [-0.2, 0) is 6.54 Å². The zero-order valence-electron chi connectivity index (χ0n) is 31.5. The third kappa shape index (κ3) is 8.84. The summed E-state index contributed by atoms with van der Waals surface area (Å²) in [6.45, 7) is 10.6. The largest absolute Gasteiger partial charge is 0.457 e. The molecule has 6 aromatic carbocycles. The fourth-order valence-corrected chi connectivity index (χ4v) is 6.52. The average molecular weight is 714 g/mol. The minimum atomic E-state index is 0.443. The van der Waals surface area contributed by atoms with Gasteiger partial charge in [-0.1, -0.05) is 152 Å². The summed E-state index contributed by atoms with van der Waals surface area (Å²) in [5, 5.41) is 2.38. The number of aryl methyl sites for hydroxylation is 1. The molecule has 0 N–H and O–H groups in total. The number of hydrogen-bond donors (Lipinski definition) is 0. The summed E-state index contributed by atoms with van der Waals surface area (Å²) in [4.78, 5) is 14.9. The van der Waals surface area contributed by atoms with E-state index in [1.165, 1.54) is 16.3 Å². The maximum atomic E-state index is 6.13. The SMILES string of the molecule is C=NC(=NC(=NCc1ccc2ccccc2c1)C(/C=C\c1ccccc1C)=C(\C)c1ccccc1)c1ccc(-c2ccc3c(c2)\C=C/C=C\C(=C\C)O3)cc1. The van der Waals surface area contributed by atoms with Crippen LogP contribution < -0.4 is 4.74 Å². The topological polar surface area (TPSA) is 46.3 Å². The van der Waals surface area contributed by atoms with E-state index in [1.54, 1.807) is 0 Å². The lowest BCUT2D eigenvalue weighted by Gasteiger charge is -2.13. The Kier molecular flexibility index (Phi) is 11.4. The van der Waals surface area contributed by atoms with Gasteiger partial charge in [0.2, 0.25) is 0 Å². The molecule has 0 atom stereocenters. The first kappa shape index (κ1) is 36.4. The first-order chi connectivity index (χ1) is 27.0. The van der Waals surface area contributed by atoms with E-state index in [2.05, 4.69) is 159 Å². The molecule has 0 aromatic heterocycles. The number of nitrogens with zero attached hydrogens (tertiary/aromatic N) is 3. The Labute approximate surface area is 324 Å². The van der Waals surface area contributed by atoms with Gasteiger partial charge in [0.1, 0.15) is 11.5 Å². The highest BCUT2D eigenvalue weighted by atomic mass is 16.5. The van der Waals surface area contributed by atoms with Gasteiger partial charge in [-0.3, -0.25) is 4.99 Å². The molecule has 0 fully saturated rings. The van der Waals surface area contributed by atoms with Crippen LogP contribution in [0.2, 0.25) is 0 Å². The van der Waals surface area contributed by atoms with E-state index < -0.39 is 0 Å². The lowest BCUT2D eigenvalue weighted by molar-refractivity contribution is 0.442. The molecule has 0 radical (unpaired) electrons. The number of ether oxygens (including phenoxy) is 1. The van der Waals surface area contributed by atoms with Crippen LogP contribution in [0.5, 0.6) is 5.75 Å². The Morgan fingerprint density at radius 2 is 1.44 bits per heavy atom. The maximum Gasteiger partial charge on any atom is 0.161 e. The van der Waals surface area contributed by atoms with Crippen molar-refractivity contribution in [1.29, 1.82) is 0 Å². The van der Waals surface area contributed by atoms with Crippen LogP contribution in [0.3, 0.4) is 0 Å². The Bertz CT molecular complexity index is 2560. The molecule has 268 valence electrons. The summed E-state index contributed by atoms with van der Waals surface area (Å²) >= 11 is 0. The quantitative estimate of drug-likeness (QED) is 0.0880. The number of rotatable bonds is 8. The van der Waals surface area contributed by atoms with Crippen molar-refractivity contribution < 1.29 is 4.74 Å². The molecule has 7 rings (SSSR count). The zero-order valence-corrected chi connectivity index (χ0v) is 31.5. The van der Waals surface area contributed by atoms with Gasteiger partial charge in [0.05, 0.1) is 6.54 Å². The van der Waals surface area contributed by atoms with Crippen LogP contribution >= 0.6 is 0 Å². The van der Waals surface area contributed by atoms with Crippen molar-refractivity contribution in [3.05, 3.63) is 215 Å². The van der Waals surface area contributed by atoms with E-state index >= 15 is 0 Å². The highest BCUT2D eigenvalue weighted by molar-refractivity contribution is 6.16. The second-order valence-corrected chi connectivity index (χ2v) is 13.4. The van der Waals surface area contributed by atoms with Crippen LogP contribution in [0, 0.1) is 6.92 Å². The first-order valence-electron chi connectivity index (χ1n) is 18.5. The van der Waals surface area contributed by atoms with Gasteiger partial charge >= 0.3 is 0 Å². The number of aliphatic imine (C=N–C) groups is 3. The minimum Gasteiger partial charge on any atom is -0.457 e. The monoisotopic (exact) mass is 713 g/mol. The third-order valence-electron chi connectivity index (χ3n) is 9.70. The van der Waals surface area contributed by atoms with E-state index in [9.17, 15) is 0 Å². The maximum absolute atomic E-state index is 6.13. The van der Waals surface area contributed by atoms with Gasteiger partial charge in [0.25, 0.3) is 0 Å². The summed E-state index contributed by atoms with van der Waals surface area (Å²) in [5.74, 6) is 2.70. The van der Waals surface area contributed by atoms with E-state index in [0.29, 0.717) is 18.2 Å². The highest BCUT2D eigenvalue weighted by Crippen LogP contribution is 2.31. The van der Waals surface area contributed by atoms with Crippen molar-refractivity contribution in [1.82, 2.24) is 0 Å². The Balaban J connectivity index is 1.30. The summed E-state index contributed by atoms with van der Waals surface area (Å²) in [7, 11) is 0. The van der Waals surface area contributed by atoms with Crippen molar-refractivity contribution in [3.63, 3.8) is 0 Å². The van der Waals surface area contributed by atoms with Crippen LogP contribution in [0.15, 0.2) is 196 Å². The van der Waals surface area contributed by atoms with Crippen molar-refractivity contribution in [2.75, 3.05) is 0 Å². The van der Waals surface area contributed by atoms with Gasteiger partial charge in [-0.25, -0.2) is 9.98 Å². The van der Waals surface area contributed by atoms with E-state index in [1.807, 2.05) is 55.5 Å². The molecule has 0 amide bonds. The third-order valence-corrected chi connectivity index (χ3v) is 9.70. The van der Waals surface area contributed by atoms with Crippen LogP contribution in [0.4, 0.5) is 0 Å². The molecular formula is C51H43N3O. The second kappa shape index (κ2) is 17.3. The number of fused-ring (bicyclic) bond motifs is 2. The summed E-state index contributed by atoms with van der Waals surface area (Å²) < 4.78 is 6.13. The molecule has 0 saturated heterocycles. The van der Waals surface area contributed by atoms with Crippen molar-refractivity contribution in [2.45, 2.75) is 27.3 Å². The van der Waals surface area contributed by atoms with Gasteiger partial charge in [-0.15, -0.1) is 0 Å². The molecule has 1 aliphatic rings. The van der Waals surface area contributed by atoms with Gasteiger partial charge < -0.3 is 4.74 Å². The fourth-order valence-electron chi connectivity index (χ4n) is 6.52. The van der Waals surface area contributed by atoms with E-state index in [0.717, 1.165) is 61.6 Å². The summed E-state index contributed by atoms with van der Waals surface area (Å²) in [6.07, 6.45) is 14.3. The molecule has 0 aliphatic carbocycles. The Morgan fingerprint density at radius 3 is 2.22 bits per heavy atom. The predicted octanol–water partition coefficient (Wildman–Crippen LogP) is 12.9. The lowest BCUT2D eigenvalue weighted by atomic mass is 9.98. The smallest absolute Gasteiger partial charge is 0.161 e. The van der Waals surface area contributed by atoms with Gasteiger partial charge in [0, 0.05) is 16.7 Å². The Hall–Kier alpha value is -6.91. The highest BCUT2D eigenvalue weighted by Gasteiger charge is 2.14. The second-order valence-electron chi connectivity index (χ2n) is 13.4. The van der Waals surface area contributed by atoms with Crippen LogP contribution in [0.1, 0.15) is 47.2 Å². The fraction of sp³-hybridized carbons (Fsp3) is 0.0784.